The van der Waals surface area contributed by atoms with Crippen molar-refractivity contribution in [3.8, 4) is 0 Å². The summed E-state index contributed by atoms with van der Waals surface area (Å²) in [6, 6.07) is 5.83. The van der Waals surface area contributed by atoms with Crippen LogP contribution in [-0.4, -0.2) is 34.2 Å². The summed E-state index contributed by atoms with van der Waals surface area (Å²) in [6.45, 7) is 5.70. The Labute approximate surface area is 146 Å². The van der Waals surface area contributed by atoms with Crippen LogP contribution in [0.4, 0.5) is 5.69 Å². The van der Waals surface area contributed by atoms with Crippen molar-refractivity contribution in [1.29, 1.82) is 0 Å². The van der Waals surface area contributed by atoms with Crippen LogP contribution in [-0.2, 0) is 14.4 Å². The van der Waals surface area contributed by atoms with Gasteiger partial charge >= 0.3 is 0 Å². The molecule has 1 aromatic carbocycles. The van der Waals surface area contributed by atoms with E-state index in [2.05, 4.69) is 0 Å². The van der Waals surface area contributed by atoms with E-state index in [9.17, 15) is 14.4 Å². The average Bonchev–Trinajstić information content (AvgIpc) is 3.28. The first-order valence-corrected chi connectivity index (χ1v) is 8.53. The second-order valence-electron chi connectivity index (χ2n) is 7.42. The maximum absolute atomic E-state index is 12.9. The summed E-state index contributed by atoms with van der Waals surface area (Å²) in [5.41, 5.74) is -0.0272. The number of imide groups is 1. The van der Waals surface area contributed by atoms with Crippen molar-refractivity contribution >= 4 is 35.0 Å². The molecule has 128 valence electrons. The summed E-state index contributed by atoms with van der Waals surface area (Å²) in [5.74, 6) is -0.653. The number of nitrogens with zero attached hydrogens (tertiary/aromatic N) is 2. The zero-order valence-corrected chi connectivity index (χ0v) is 14.8. The molecule has 1 aliphatic carbocycles. The molecule has 24 heavy (non-hydrogen) atoms. The van der Waals surface area contributed by atoms with Crippen molar-refractivity contribution < 1.29 is 14.4 Å². The van der Waals surface area contributed by atoms with Crippen LogP contribution in [0.25, 0.3) is 0 Å². The summed E-state index contributed by atoms with van der Waals surface area (Å²) in [4.78, 5) is 40.9. The van der Waals surface area contributed by atoms with E-state index in [1.54, 1.807) is 29.2 Å². The molecule has 1 heterocycles. The van der Waals surface area contributed by atoms with Crippen molar-refractivity contribution in [2.45, 2.75) is 51.6 Å². The number of hydrogen-bond acceptors (Lipinski definition) is 3. The van der Waals surface area contributed by atoms with Crippen LogP contribution in [0.5, 0.6) is 0 Å². The van der Waals surface area contributed by atoms with Gasteiger partial charge in [-0.1, -0.05) is 11.6 Å². The highest BCUT2D eigenvalue weighted by molar-refractivity contribution is 6.30. The lowest BCUT2D eigenvalue weighted by molar-refractivity contribution is -0.145. The van der Waals surface area contributed by atoms with E-state index in [4.69, 9.17) is 11.6 Å². The Morgan fingerprint density at radius 2 is 1.75 bits per heavy atom. The maximum Gasteiger partial charge on any atom is 0.257 e. The molecule has 3 amide bonds. The van der Waals surface area contributed by atoms with E-state index in [0.29, 0.717) is 10.7 Å². The summed E-state index contributed by atoms with van der Waals surface area (Å²) >= 11 is 5.87. The van der Waals surface area contributed by atoms with Gasteiger partial charge in [0.2, 0.25) is 11.8 Å². The van der Waals surface area contributed by atoms with Crippen LogP contribution in [0.15, 0.2) is 24.3 Å². The Balaban J connectivity index is 1.91. The molecular weight excluding hydrogens is 328 g/mol. The molecule has 2 fully saturated rings. The van der Waals surface area contributed by atoms with Gasteiger partial charge in [0.25, 0.3) is 5.91 Å². The van der Waals surface area contributed by atoms with E-state index >= 15 is 0 Å². The highest BCUT2D eigenvalue weighted by atomic mass is 35.5. The molecule has 1 atom stereocenters. The summed E-state index contributed by atoms with van der Waals surface area (Å²) in [6.07, 6.45) is 1.75. The Morgan fingerprint density at radius 3 is 2.25 bits per heavy atom. The van der Waals surface area contributed by atoms with Crippen LogP contribution in [0.2, 0.25) is 5.02 Å². The van der Waals surface area contributed by atoms with Crippen LogP contribution in [0.3, 0.4) is 0 Å². The predicted molar refractivity (Wildman–Crippen MR) is 91.7 cm³/mol. The molecule has 0 spiro atoms. The largest absolute Gasteiger partial charge is 0.325 e. The molecular formula is C18H21ClN2O3. The van der Waals surface area contributed by atoms with Gasteiger partial charge in [-0.05, 0) is 57.9 Å². The minimum absolute atomic E-state index is 0.00305. The fourth-order valence-corrected chi connectivity index (χ4v) is 3.28. The topological polar surface area (TPSA) is 57.7 Å². The number of halogens is 1. The fourth-order valence-electron chi connectivity index (χ4n) is 3.16. The van der Waals surface area contributed by atoms with E-state index < -0.39 is 11.6 Å². The van der Waals surface area contributed by atoms with Crippen molar-refractivity contribution in [3.05, 3.63) is 29.3 Å². The Morgan fingerprint density at radius 1 is 1.17 bits per heavy atom. The fraction of sp³-hybridized carbons (Fsp3) is 0.500. The third kappa shape index (κ3) is 3.05. The van der Waals surface area contributed by atoms with Crippen molar-refractivity contribution in [2.75, 3.05) is 4.90 Å². The number of rotatable bonds is 3. The minimum atomic E-state index is -0.735. The Bertz CT molecular complexity index is 689. The van der Waals surface area contributed by atoms with Gasteiger partial charge in [-0.3, -0.25) is 14.4 Å². The van der Waals surface area contributed by atoms with Crippen LogP contribution >= 0.6 is 11.6 Å². The van der Waals surface area contributed by atoms with E-state index in [-0.39, 0.29) is 30.1 Å². The van der Waals surface area contributed by atoms with Crippen molar-refractivity contribution in [1.82, 2.24) is 4.90 Å². The SMILES string of the molecule is CC(C)(C)N(C(=O)C1CC1)C1CC(=O)N(c2ccc(Cl)cc2)C1=O. The quantitative estimate of drug-likeness (QED) is 0.789. The van der Waals surface area contributed by atoms with E-state index in [1.807, 2.05) is 20.8 Å². The first-order chi connectivity index (χ1) is 11.2. The Hall–Kier alpha value is -1.88. The highest BCUT2D eigenvalue weighted by Gasteiger charge is 2.49. The second-order valence-corrected chi connectivity index (χ2v) is 7.85. The highest BCUT2D eigenvalue weighted by Crippen LogP contribution is 2.37. The van der Waals surface area contributed by atoms with Gasteiger partial charge in [-0.2, -0.15) is 0 Å². The van der Waals surface area contributed by atoms with Crippen LogP contribution in [0.1, 0.15) is 40.0 Å². The van der Waals surface area contributed by atoms with Gasteiger partial charge in [-0.25, -0.2) is 4.90 Å². The molecule has 3 rings (SSSR count). The van der Waals surface area contributed by atoms with E-state index in [0.717, 1.165) is 12.8 Å². The molecule has 5 nitrogen and oxygen atoms in total. The maximum atomic E-state index is 12.9. The number of amides is 3. The monoisotopic (exact) mass is 348 g/mol. The first-order valence-electron chi connectivity index (χ1n) is 8.15. The number of hydrogen-bond donors (Lipinski definition) is 0. The molecule has 1 saturated heterocycles. The third-order valence-electron chi connectivity index (χ3n) is 4.41. The molecule has 1 aliphatic heterocycles. The smallest absolute Gasteiger partial charge is 0.257 e. The standard InChI is InChI=1S/C18H21ClN2O3/c1-18(2,3)21(16(23)11-4-5-11)14-10-15(22)20(17(14)24)13-8-6-12(19)7-9-13/h6-9,11,14H,4-5,10H2,1-3H3. The summed E-state index contributed by atoms with van der Waals surface area (Å²) in [7, 11) is 0. The van der Waals surface area contributed by atoms with Gasteiger partial charge < -0.3 is 4.90 Å². The van der Waals surface area contributed by atoms with E-state index in [1.165, 1.54) is 4.90 Å². The van der Waals surface area contributed by atoms with Crippen LogP contribution in [0, 0.1) is 5.92 Å². The molecule has 1 aromatic rings. The molecule has 2 aliphatic rings. The van der Waals surface area contributed by atoms with Crippen molar-refractivity contribution in [2.24, 2.45) is 5.92 Å². The summed E-state index contributed by atoms with van der Waals surface area (Å²) < 4.78 is 0. The summed E-state index contributed by atoms with van der Waals surface area (Å²) in [5, 5.41) is 0.537. The molecule has 0 radical (unpaired) electrons. The van der Waals surface area contributed by atoms with Crippen molar-refractivity contribution in [3.63, 3.8) is 0 Å². The average molecular weight is 349 g/mol. The van der Waals surface area contributed by atoms with Gasteiger partial charge in [-0.15, -0.1) is 0 Å². The predicted octanol–water partition coefficient (Wildman–Crippen LogP) is 3.01. The molecule has 0 N–H and O–H groups in total. The molecule has 6 heteroatoms. The molecule has 0 bridgehead atoms. The minimum Gasteiger partial charge on any atom is -0.325 e. The number of carbonyl (C=O) groups excluding carboxylic acids is 3. The molecule has 1 saturated carbocycles. The number of anilines is 1. The number of carbonyl (C=O) groups is 3. The lowest BCUT2D eigenvalue weighted by atomic mass is 10.0. The van der Waals surface area contributed by atoms with Gasteiger partial charge in [0.15, 0.2) is 0 Å². The molecule has 0 aromatic heterocycles. The van der Waals surface area contributed by atoms with Gasteiger partial charge in [0, 0.05) is 16.5 Å². The zero-order chi connectivity index (χ0) is 17.6. The lowest BCUT2D eigenvalue weighted by Gasteiger charge is -2.39. The first kappa shape index (κ1) is 17.0. The Kier molecular flexibility index (Phi) is 4.16. The second kappa shape index (κ2) is 5.88. The zero-order valence-electron chi connectivity index (χ0n) is 14.1. The van der Waals surface area contributed by atoms with Crippen LogP contribution < -0.4 is 4.90 Å². The van der Waals surface area contributed by atoms with Gasteiger partial charge in [0.05, 0.1) is 12.1 Å². The normalized spacial score (nSPS) is 21.3. The number of benzene rings is 1. The lowest BCUT2D eigenvalue weighted by Crippen LogP contribution is -2.55. The molecule has 1 unspecified atom stereocenters. The third-order valence-corrected chi connectivity index (χ3v) is 4.66. The van der Waals surface area contributed by atoms with Gasteiger partial charge in [0.1, 0.15) is 6.04 Å².